The van der Waals surface area contributed by atoms with Crippen molar-refractivity contribution in [2.45, 2.75) is 18.8 Å². The quantitative estimate of drug-likeness (QED) is 0.701. The maximum Gasteiger partial charge on any atom is 0.222 e. The van der Waals surface area contributed by atoms with Gasteiger partial charge in [-0.2, -0.15) is 4.52 Å². The first kappa shape index (κ1) is 15.0. The molecule has 4 heterocycles. The third-order valence-electron chi connectivity index (χ3n) is 4.67. The van der Waals surface area contributed by atoms with Gasteiger partial charge in [-0.3, -0.25) is 0 Å². The number of nitrogens with one attached hydrogen (secondary N) is 1. The molecular weight excluding hydrogens is 384 g/mol. The van der Waals surface area contributed by atoms with Gasteiger partial charge >= 0.3 is 0 Å². The number of nitrogens with zero attached hydrogens (tertiary/aromatic N) is 7. The maximum absolute atomic E-state index is 4.75. The van der Waals surface area contributed by atoms with E-state index in [9.17, 15) is 0 Å². The van der Waals surface area contributed by atoms with Crippen molar-refractivity contribution >= 4 is 33.3 Å². The lowest BCUT2D eigenvalue weighted by Gasteiger charge is -2.40. The van der Waals surface area contributed by atoms with Gasteiger partial charge in [0.15, 0.2) is 11.5 Å². The van der Waals surface area contributed by atoms with Crippen LogP contribution < -0.4 is 10.2 Å². The predicted octanol–water partition coefficient (Wildman–Crippen LogP) is 2.10. The van der Waals surface area contributed by atoms with Crippen molar-refractivity contribution in [3.63, 3.8) is 0 Å². The van der Waals surface area contributed by atoms with Crippen molar-refractivity contribution in [2.24, 2.45) is 5.92 Å². The average molecular weight is 401 g/mol. The minimum absolute atomic E-state index is 0.539. The van der Waals surface area contributed by atoms with E-state index < -0.39 is 0 Å². The van der Waals surface area contributed by atoms with Crippen molar-refractivity contribution in [3.8, 4) is 0 Å². The normalized spacial score (nSPS) is 17.7. The Morgan fingerprint density at radius 3 is 2.68 bits per heavy atom. The molecule has 2 fully saturated rings. The maximum atomic E-state index is 4.75. The fraction of sp³-hybridized carbons (Fsp3) is 0.438. The molecular formula is C16H17BrN8. The molecule has 0 bridgehead atoms. The van der Waals surface area contributed by atoms with Crippen LogP contribution in [0.2, 0.25) is 0 Å². The van der Waals surface area contributed by atoms with E-state index in [2.05, 4.69) is 46.3 Å². The number of aromatic nitrogens is 6. The van der Waals surface area contributed by atoms with Crippen molar-refractivity contribution in [2.75, 3.05) is 29.9 Å². The molecule has 3 aromatic rings. The fourth-order valence-corrected chi connectivity index (χ4v) is 3.29. The Morgan fingerprint density at radius 2 is 1.92 bits per heavy atom. The molecule has 25 heavy (non-hydrogen) atoms. The molecule has 0 amide bonds. The summed E-state index contributed by atoms with van der Waals surface area (Å²) in [7, 11) is 0. The van der Waals surface area contributed by atoms with Crippen LogP contribution in [0, 0.1) is 5.92 Å². The average Bonchev–Trinajstić information content (AvgIpc) is 3.34. The van der Waals surface area contributed by atoms with E-state index in [-0.39, 0.29) is 0 Å². The third kappa shape index (κ3) is 2.92. The Hall–Kier alpha value is -2.29. The monoisotopic (exact) mass is 400 g/mol. The van der Waals surface area contributed by atoms with Gasteiger partial charge in [0.05, 0.1) is 4.47 Å². The SMILES string of the molecule is Brc1cnc(NCC2CN(c3ccc4nnc(C5CC5)n4n3)C2)nc1. The fourth-order valence-electron chi connectivity index (χ4n) is 3.09. The summed E-state index contributed by atoms with van der Waals surface area (Å²) in [6.45, 7) is 2.81. The first-order valence-corrected chi connectivity index (χ1v) is 9.24. The highest BCUT2D eigenvalue weighted by atomic mass is 79.9. The van der Waals surface area contributed by atoms with Crippen LogP contribution in [-0.2, 0) is 0 Å². The molecule has 0 aromatic carbocycles. The number of hydrogen-bond acceptors (Lipinski definition) is 7. The third-order valence-corrected chi connectivity index (χ3v) is 5.08. The van der Waals surface area contributed by atoms with Gasteiger partial charge in [0, 0.05) is 43.9 Å². The summed E-state index contributed by atoms with van der Waals surface area (Å²) in [5.74, 6) is 3.76. The number of anilines is 2. The van der Waals surface area contributed by atoms with Gasteiger partial charge in [-0.15, -0.1) is 15.3 Å². The van der Waals surface area contributed by atoms with Crippen molar-refractivity contribution in [1.29, 1.82) is 0 Å². The van der Waals surface area contributed by atoms with E-state index in [4.69, 9.17) is 5.10 Å². The summed E-state index contributed by atoms with van der Waals surface area (Å²) < 4.78 is 2.79. The summed E-state index contributed by atoms with van der Waals surface area (Å²) in [6, 6.07) is 4.03. The molecule has 2 aliphatic rings. The molecule has 8 nitrogen and oxygen atoms in total. The van der Waals surface area contributed by atoms with Crippen LogP contribution in [0.5, 0.6) is 0 Å². The summed E-state index contributed by atoms with van der Waals surface area (Å²) in [5, 5.41) is 16.5. The van der Waals surface area contributed by atoms with Gasteiger partial charge in [-0.1, -0.05) is 0 Å². The second-order valence-corrected chi connectivity index (χ2v) is 7.59. The van der Waals surface area contributed by atoms with Crippen molar-refractivity contribution in [1.82, 2.24) is 29.8 Å². The number of halogens is 1. The van der Waals surface area contributed by atoms with Gasteiger partial charge < -0.3 is 10.2 Å². The zero-order valence-corrected chi connectivity index (χ0v) is 15.1. The van der Waals surface area contributed by atoms with Crippen molar-refractivity contribution in [3.05, 3.63) is 34.8 Å². The standard InChI is InChI=1S/C16H17BrN8/c17-12-6-19-16(20-7-12)18-5-10-8-24(9-10)14-4-3-13-21-22-15(11-1-2-11)25(13)23-14/h3-4,6-7,10-11H,1-2,5,8-9H2,(H,18,19,20). The molecule has 1 N–H and O–H groups in total. The van der Waals surface area contributed by atoms with Crippen LogP contribution in [-0.4, -0.2) is 49.4 Å². The summed E-state index contributed by atoms with van der Waals surface area (Å²) in [5.41, 5.74) is 0.830. The lowest BCUT2D eigenvalue weighted by molar-refractivity contribution is 0.424. The van der Waals surface area contributed by atoms with E-state index in [1.807, 2.05) is 16.6 Å². The van der Waals surface area contributed by atoms with Crippen LogP contribution in [0.1, 0.15) is 24.6 Å². The minimum atomic E-state index is 0.539. The predicted molar refractivity (Wildman–Crippen MR) is 96.7 cm³/mol. The molecule has 9 heteroatoms. The molecule has 0 unspecified atom stereocenters. The summed E-state index contributed by atoms with van der Waals surface area (Å²) in [4.78, 5) is 10.8. The zero-order chi connectivity index (χ0) is 16.8. The summed E-state index contributed by atoms with van der Waals surface area (Å²) in [6.07, 6.45) is 5.89. The van der Waals surface area contributed by atoms with E-state index in [0.717, 1.165) is 41.4 Å². The van der Waals surface area contributed by atoms with Crippen LogP contribution in [0.25, 0.3) is 5.65 Å². The smallest absolute Gasteiger partial charge is 0.222 e. The Kier molecular flexibility index (Phi) is 3.54. The first-order chi connectivity index (χ1) is 12.3. The van der Waals surface area contributed by atoms with E-state index in [0.29, 0.717) is 17.8 Å². The number of fused-ring (bicyclic) bond motifs is 1. The minimum Gasteiger partial charge on any atom is -0.354 e. The summed E-state index contributed by atoms with van der Waals surface area (Å²) >= 11 is 3.34. The highest BCUT2D eigenvalue weighted by Gasteiger charge is 2.31. The topological polar surface area (TPSA) is 84.1 Å². The molecule has 0 spiro atoms. The second kappa shape index (κ2) is 5.91. The Balaban J connectivity index is 1.22. The zero-order valence-electron chi connectivity index (χ0n) is 13.5. The van der Waals surface area contributed by atoms with E-state index in [1.165, 1.54) is 12.8 Å². The molecule has 1 aliphatic heterocycles. The van der Waals surface area contributed by atoms with Crippen LogP contribution >= 0.6 is 15.9 Å². The molecule has 1 saturated heterocycles. The molecule has 0 atom stereocenters. The highest BCUT2D eigenvalue weighted by molar-refractivity contribution is 9.10. The largest absolute Gasteiger partial charge is 0.354 e. The van der Waals surface area contributed by atoms with Gasteiger partial charge in [0.1, 0.15) is 5.82 Å². The lowest BCUT2D eigenvalue weighted by atomic mass is 10.0. The second-order valence-electron chi connectivity index (χ2n) is 6.67. The molecule has 1 aliphatic carbocycles. The first-order valence-electron chi connectivity index (χ1n) is 8.45. The van der Waals surface area contributed by atoms with Crippen LogP contribution in [0.3, 0.4) is 0 Å². The molecule has 0 radical (unpaired) electrons. The molecule has 5 rings (SSSR count). The Bertz CT molecular complexity index is 898. The number of hydrogen-bond donors (Lipinski definition) is 1. The van der Waals surface area contributed by atoms with Gasteiger partial charge in [-0.25, -0.2) is 9.97 Å². The molecule has 128 valence electrons. The van der Waals surface area contributed by atoms with Gasteiger partial charge in [-0.05, 0) is 40.9 Å². The highest BCUT2D eigenvalue weighted by Crippen LogP contribution is 2.38. The number of rotatable bonds is 5. The van der Waals surface area contributed by atoms with Gasteiger partial charge in [0.25, 0.3) is 0 Å². The lowest BCUT2D eigenvalue weighted by Crippen LogP contribution is -2.50. The van der Waals surface area contributed by atoms with E-state index >= 15 is 0 Å². The van der Waals surface area contributed by atoms with Crippen LogP contribution in [0.15, 0.2) is 29.0 Å². The Labute approximate surface area is 152 Å². The van der Waals surface area contributed by atoms with E-state index in [1.54, 1.807) is 12.4 Å². The van der Waals surface area contributed by atoms with Crippen molar-refractivity contribution < 1.29 is 0 Å². The van der Waals surface area contributed by atoms with Gasteiger partial charge in [0.2, 0.25) is 5.95 Å². The molecule has 3 aromatic heterocycles. The molecule has 1 saturated carbocycles. The Morgan fingerprint density at radius 1 is 1.12 bits per heavy atom. The van der Waals surface area contributed by atoms with Crippen LogP contribution in [0.4, 0.5) is 11.8 Å².